The van der Waals surface area contributed by atoms with Crippen LogP contribution < -0.4 is 5.32 Å². The molecule has 6 heteroatoms. The average Bonchev–Trinajstić information content (AvgIpc) is 2.85. The van der Waals surface area contributed by atoms with Crippen LogP contribution in [0.15, 0.2) is 18.2 Å². The Hall–Kier alpha value is -1.72. The highest BCUT2D eigenvalue weighted by Gasteiger charge is 2.24. The van der Waals surface area contributed by atoms with Gasteiger partial charge in [0.1, 0.15) is 0 Å². The van der Waals surface area contributed by atoms with Crippen molar-refractivity contribution in [3.63, 3.8) is 0 Å². The maximum absolute atomic E-state index is 12.0. The number of rotatable bonds is 3. The Kier molecular flexibility index (Phi) is 4.27. The fourth-order valence-corrected chi connectivity index (χ4v) is 3.22. The van der Waals surface area contributed by atoms with Crippen molar-refractivity contribution in [2.24, 2.45) is 0 Å². The topological polar surface area (TPSA) is 68.4 Å². The van der Waals surface area contributed by atoms with Gasteiger partial charge in [0.2, 0.25) is 0 Å². The number of nitrogens with zero attached hydrogens (tertiary/aromatic N) is 1. The van der Waals surface area contributed by atoms with Gasteiger partial charge in [-0.15, -0.1) is 0 Å². The number of benzene rings is 1. The van der Waals surface area contributed by atoms with Crippen LogP contribution >= 0.6 is 11.6 Å². The summed E-state index contributed by atoms with van der Waals surface area (Å²) in [7, 11) is 1.69. The average molecular weight is 322 g/mol. The van der Waals surface area contributed by atoms with Crippen molar-refractivity contribution in [2.75, 3.05) is 20.2 Å². The van der Waals surface area contributed by atoms with E-state index in [4.69, 9.17) is 16.7 Å². The number of urea groups is 1. The SMILES string of the molecule is CN(CCO)C(=O)NC1CCc2[nH]c3ccc(Cl)cc3c2C1. The highest BCUT2D eigenvalue weighted by atomic mass is 35.5. The van der Waals surface area contributed by atoms with Crippen LogP contribution in [-0.4, -0.2) is 47.3 Å². The Morgan fingerprint density at radius 2 is 2.36 bits per heavy atom. The number of fused-ring (bicyclic) bond motifs is 3. The number of amides is 2. The van der Waals surface area contributed by atoms with E-state index in [-0.39, 0.29) is 18.7 Å². The first-order valence-electron chi connectivity index (χ1n) is 7.50. The summed E-state index contributed by atoms with van der Waals surface area (Å²) >= 11 is 6.10. The molecule has 0 fully saturated rings. The molecule has 0 spiro atoms. The van der Waals surface area contributed by atoms with Crippen LogP contribution in [0.3, 0.4) is 0 Å². The van der Waals surface area contributed by atoms with Crippen molar-refractivity contribution in [3.05, 3.63) is 34.5 Å². The minimum Gasteiger partial charge on any atom is -0.395 e. The van der Waals surface area contributed by atoms with E-state index < -0.39 is 0 Å². The lowest BCUT2D eigenvalue weighted by molar-refractivity contribution is 0.186. The van der Waals surface area contributed by atoms with E-state index in [9.17, 15) is 4.79 Å². The Bertz CT molecular complexity index is 698. The van der Waals surface area contributed by atoms with Gasteiger partial charge in [-0.3, -0.25) is 0 Å². The molecule has 0 aliphatic heterocycles. The van der Waals surface area contributed by atoms with Crippen LogP contribution in [0.5, 0.6) is 0 Å². The molecule has 1 unspecified atom stereocenters. The highest BCUT2D eigenvalue weighted by molar-refractivity contribution is 6.31. The molecule has 0 radical (unpaired) electrons. The number of likely N-dealkylation sites (N-methyl/N-ethyl adjacent to an activating group) is 1. The van der Waals surface area contributed by atoms with E-state index in [1.807, 2.05) is 18.2 Å². The van der Waals surface area contributed by atoms with Gasteiger partial charge in [0.25, 0.3) is 0 Å². The lowest BCUT2D eigenvalue weighted by Crippen LogP contribution is -2.46. The molecule has 0 saturated carbocycles. The summed E-state index contributed by atoms with van der Waals surface area (Å²) in [4.78, 5) is 17.0. The molecule has 5 nitrogen and oxygen atoms in total. The summed E-state index contributed by atoms with van der Waals surface area (Å²) in [6.07, 6.45) is 2.62. The van der Waals surface area contributed by atoms with Crippen molar-refractivity contribution >= 4 is 28.5 Å². The van der Waals surface area contributed by atoms with Gasteiger partial charge in [-0.2, -0.15) is 0 Å². The number of carbonyl (C=O) groups excluding carboxylic acids is 1. The van der Waals surface area contributed by atoms with E-state index in [0.717, 1.165) is 35.2 Å². The predicted molar refractivity (Wildman–Crippen MR) is 87.4 cm³/mol. The molecule has 1 heterocycles. The third kappa shape index (κ3) is 2.91. The van der Waals surface area contributed by atoms with Gasteiger partial charge in [-0.05, 0) is 43.0 Å². The van der Waals surface area contributed by atoms with Crippen molar-refractivity contribution in [2.45, 2.75) is 25.3 Å². The van der Waals surface area contributed by atoms with Crippen LogP contribution in [0.2, 0.25) is 5.02 Å². The Morgan fingerprint density at radius 3 is 3.14 bits per heavy atom. The molecule has 1 aliphatic rings. The van der Waals surface area contributed by atoms with Gasteiger partial charge in [0.05, 0.1) is 6.61 Å². The van der Waals surface area contributed by atoms with E-state index in [1.165, 1.54) is 16.2 Å². The van der Waals surface area contributed by atoms with E-state index in [1.54, 1.807) is 7.05 Å². The number of hydrogen-bond donors (Lipinski definition) is 3. The Morgan fingerprint density at radius 1 is 1.55 bits per heavy atom. The monoisotopic (exact) mass is 321 g/mol. The number of aromatic nitrogens is 1. The maximum atomic E-state index is 12.0. The molecule has 3 N–H and O–H groups in total. The number of aliphatic hydroxyl groups excluding tert-OH is 1. The zero-order valence-electron chi connectivity index (χ0n) is 12.5. The van der Waals surface area contributed by atoms with Crippen LogP contribution in [0.4, 0.5) is 4.79 Å². The van der Waals surface area contributed by atoms with Crippen molar-refractivity contribution in [1.29, 1.82) is 0 Å². The maximum Gasteiger partial charge on any atom is 0.317 e. The normalized spacial score (nSPS) is 17.3. The Balaban J connectivity index is 1.77. The summed E-state index contributed by atoms with van der Waals surface area (Å²) in [6, 6.07) is 5.83. The second-order valence-electron chi connectivity index (χ2n) is 5.81. The molecule has 0 bridgehead atoms. The summed E-state index contributed by atoms with van der Waals surface area (Å²) in [5.74, 6) is 0. The smallest absolute Gasteiger partial charge is 0.317 e. The predicted octanol–water partition coefficient (Wildman–Crippen LogP) is 2.31. The number of H-pyrrole nitrogens is 1. The van der Waals surface area contributed by atoms with Gasteiger partial charge in [-0.25, -0.2) is 4.79 Å². The zero-order chi connectivity index (χ0) is 15.7. The van der Waals surface area contributed by atoms with Crippen molar-refractivity contribution in [1.82, 2.24) is 15.2 Å². The molecule has 1 aromatic carbocycles. The molecular weight excluding hydrogens is 302 g/mol. The first kappa shape index (κ1) is 15.2. The summed E-state index contributed by atoms with van der Waals surface area (Å²) < 4.78 is 0. The minimum atomic E-state index is -0.139. The zero-order valence-corrected chi connectivity index (χ0v) is 13.3. The minimum absolute atomic E-state index is 0.0281. The van der Waals surface area contributed by atoms with Crippen LogP contribution in [0.1, 0.15) is 17.7 Å². The van der Waals surface area contributed by atoms with Crippen molar-refractivity contribution in [3.8, 4) is 0 Å². The molecule has 1 aliphatic carbocycles. The molecule has 1 aromatic heterocycles. The van der Waals surface area contributed by atoms with E-state index in [0.29, 0.717) is 6.54 Å². The first-order chi connectivity index (χ1) is 10.6. The van der Waals surface area contributed by atoms with Crippen LogP contribution in [-0.2, 0) is 12.8 Å². The lowest BCUT2D eigenvalue weighted by Gasteiger charge is -2.26. The summed E-state index contributed by atoms with van der Waals surface area (Å²) in [5.41, 5.74) is 3.59. The van der Waals surface area contributed by atoms with Gasteiger partial charge in [0, 0.05) is 41.3 Å². The van der Waals surface area contributed by atoms with Crippen LogP contribution in [0, 0.1) is 0 Å². The molecule has 0 saturated heterocycles. The highest BCUT2D eigenvalue weighted by Crippen LogP contribution is 2.31. The number of aromatic amines is 1. The fourth-order valence-electron chi connectivity index (χ4n) is 3.05. The van der Waals surface area contributed by atoms with E-state index in [2.05, 4.69) is 10.3 Å². The van der Waals surface area contributed by atoms with Gasteiger partial charge in [-0.1, -0.05) is 11.6 Å². The third-order valence-corrected chi connectivity index (χ3v) is 4.49. The van der Waals surface area contributed by atoms with Gasteiger partial charge < -0.3 is 20.3 Å². The number of carbonyl (C=O) groups is 1. The second kappa shape index (κ2) is 6.18. The molecule has 2 amide bonds. The molecular formula is C16H20ClN3O2. The lowest BCUT2D eigenvalue weighted by atomic mass is 9.91. The fraction of sp³-hybridized carbons (Fsp3) is 0.438. The first-order valence-corrected chi connectivity index (χ1v) is 7.87. The van der Waals surface area contributed by atoms with E-state index >= 15 is 0 Å². The molecule has 1 atom stereocenters. The standard InChI is InChI=1S/C16H20ClN3O2/c1-20(6-7-21)16(22)18-11-3-5-15-13(9-11)12-8-10(17)2-4-14(12)19-15/h2,4,8,11,19,21H,3,5-7,9H2,1H3,(H,18,22). The third-order valence-electron chi connectivity index (χ3n) is 4.26. The number of nitrogens with one attached hydrogen (secondary N) is 2. The van der Waals surface area contributed by atoms with Gasteiger partial charge >= 0.3 is 6.03 Å². The second-order valence-corrected chi connectivity index (χ2v) is 6.24. The molecule has 22 heavy (non-hydrogen) atoms. The number of aliphatic hydroxyl groups is 1. The number of halogens is 1. The van der Waals surface area contributed by atoms with Crippen molar-refractivity contribution < 1.29 is 9.90 Å². The number of aryl methyl sites for hydroxylation is 1. The van der Waals surface area contributed by atoms with Gasteiger partial charge in [0.15, 0.2) is 0 Å². The largest absolute Gasteiger partial charge is 0.395 e. The Labute approximate surface area is 134 Å². The summed E-state index contributed by atoms with van der Waals surface area (Å²) in [6.45, 7) is 0.312. The van der Waals surface area contributed by atoms with Crippen LogP contribution in [0.25, 0.3) is 10.9 Å². The molecule has 118 valence electrons. The molecule has 3 rings (SSSR count). The quantitative estimate of drug-likeness (QED) is 0.812. The molecule has 2 aromatic rings. The number of hydrogen-bond acceptors (Lipinski definition) is 2. The summed E-state index contributed by atoms with van der Waals surface area (Å²) in [5, 5.41) is 13.8.